The molecular weight excluding hydrogens is 408 g/mol. The first-order valence-electron chi connectivity index (χ1n) is 9.62. The molecule has 1 aromatic carbocycles. The Labute approximate surface area is 172 Å². The van der Waals surface area contributed by atoms with Crippen molar-refractivity contribution in [1.82, 2.24) is 14.1 Å². The number of fused-ring (bicyclic) bond motifs is 1. The second kappa shape index (κ2) is 8.29. The van der Waals surface area contributed by atoms with E-state index in [4.69, 9.17) is 10.5 Å². The van der Waals surface area contributed by atoms with Crippen molar-refractivity contribution in [3.8, 4) is 0 Å². The van der Waals surface area contributed by atoms with E-state index >= 15 is 0 Å². The predicted molar refractivity (Wildman–Crippen MR) is 117 cm³/mol. The maximum absolute atomic E-state index is 12.7. The number of carbonyl (C=O) groups is 1. The summed E-state index contributed by atoms with van der Waals surface area (Å²) in [4.78, 5) is 13.8. The van der Waals surface area contributed by atoms with E-state index in [0.29, 0.717) is 48.9 Å². The third kappa shape index (κ3) is 5.25. The molecule has 0 atom stereocenters. The van der Waals surface area contributed by atoms with Gasteiger partial charge < -0.3 is 15.4 Å². The topological polar surface area (TPSA) is 108 Å². The molecular formula is C19H28N4O4SSi. The molecule has 1 aliphatic heterocycles. The standard InChI is InChI=1S/C19H28N4O4SSi/c1-29(2,3)11-10-28(25,26)23-17-5-4-15(12-16(17)14-21-23)13-18(19(20)24)22-6-8-27-9-7-22/h4-5,12-14H,6-11H2,1-3H3,(H2,20,24). The summed E-state index contributed by atoms with van der Waals surface area (Å²) < 4.78 is 31.9. The molecule has 1 aliphatic rings. The zero-order chi connectivity index (χ0) is 21.2. The molecule has 10 heteroatoms. The van der Waals surface area contributed by atoms with Gasteiger partial charge in [-0.1, -0.05) is 25.7 Å². The summed E-state index contributed by atoms with van der Waals surface area (Å²) in [7, 11) is -5.00. The van der Waals surface area contributed by atoms with Crippen LogP contribution in [0.2, 0.25) is 25.7 Å². The quantitative estimate of drug-likeness (QED) is 0.523. The SMILES string of the molecule is C[Si](C)(C)CCS(=O)(=O)n1ncc2cc(C=C(C(N)=O)N3CCOCC3)ccc21. The number of nitrogens with zero attached hydrogens (tertiary/aromatic N) is 3. The van der Waals surface area contributed by atoms with Crippen LogP contribution in [0.15, 0.2) is 30.1 Å². The Morgan fingerprint density at radius 1 is 1.28 bits per heavy atom. The van der Waals surface area contributed by atoms with Crippen LogP contribution in [-0.2, 0) is 19.6 Å². The van der Waals surface area contributed by atoms with Crippen LogP contribution in [0.5, 0.6) is 0 Å². The van der Waals surface area contributed by atoms with Crippen LogP contribution in [0, 0.1) is 0 Å². The van der Waals surface area contributed by atoms with Gasteiger partial charge in [0.25, 0.3) is 15.9 Å². The second-order valence-electron chi connectivity index (χ2n) is 8.43. The van der Waals surface area contributed by atoms with Crippen molar-refractivity contribution in [3.63, 3.8) is 0 Å². The molecule has 29 heavy (non-hydrogen) atoms. The zero-order valence-corrected chi connectivity index (χ0v) is 18.9. The lowest BCUT2D eigenvalue weighted by Crippen LogP contribution is -2.39. The van der Waals surface area contributed by atoms with Crippen LogP contribution in [0.3, 0.4) is 0 Å². The minimum atomic E-state index is -3.51. The molecule has 0 bridgehead atoms. The van der Waals surface area contributed by atoms with Crippen LogP contribution in [0.1, 0.15) is 5.56 Å². The maximum Gasteiger partial charge on any atom is 0.265 e. The molecule has 1 amide bonds. The van der Waals surface area contributed by atoms with Crippen LogP contribution in [-0.4, -0.2) is 68.5 Å². The first kappa shape index (κ1) is 21.5. The predicted octanol–water partition coefficient (Wildman–Crippen LogP) is 1.71. The largest absolute Gasteiger partial charge is 0.378 e. The van der Waals surface area contributed by atoms with Crippen molar-refractivity contribution in [1.29, 1.82) is 0 Å². The molecule has 0 unspecified atom stereocenters. The smallest absolute Gasteiger partial charge is 0.265 e. The van der Waals surface area contributed by atoms with Crippen LogP contribution in [0.25, 0.3) is 17.0 Å². The first-order valence-corrected chi connectivity index (χ1v) is 14.9. The van der Waals surface area contributed by atoms with Gasteiger partial charge in [0.05, 0.1) is 30.7 Å². The molecule has 3 rings (SSSR count). The number of hydrogen-bond donors (Lipinski definition) is 1. The van der Waals surface area contributed by atoms with Crippen LogP contribution in [0.4, 0.5) is 0 Å². The summed E-state index contributed by atoms with van der Waals surface area (Å²) in [6.07, 6.45) is 3.27. The lowest BCUT2D eigenvalue weighted by Gasteiger charge is -2.29. The van der Waals surface area contributed by atoms with Crippen molar-refractivity contribution in [2.45, 2.75) is 25.7 Å². The van der Waals surface area contributed by atoms with Gasteiger partial charge in [-0.05, 0) is 29.8 Å². The van der Waals surface area contributed by atoms with Gasteiger partial charge in [-0.3, -0.25) is 4.79 Å². The molecule has 0 spiro atoms. The van der Waals surface area contributed by atoms with Crippen molar-refractivity contribution in [3.05, 3.63) is 35.7 Å². The fraction of sp³-hybridized carbons (Fsp3) is 0.474. The van der Waals surface area contributed by atoms with E-state index in [9.17, 15) is 13.2 Å². The number of carbonyl (C=O) groups excluding carboxylic acids is 1. The Morgan fingerprint density at radius 3 is 2.59 bits per heavy atom. The molecule has 2 heterocycles. The average Bonchev–Trinajstić information content (AvgIpc) is 3.09. The average molecular weight is 437 g/mol. The number of rotatable bonds is 7. The third-order valence-electron chi connectivity index (χ3n) is 4.84. The van der Waals surface area contributed by atoms with Gasteiger partial charge in [-0.2, -0.15) is 9.19 Å². The van der Waals surface area contributed by atoms with E-state index in [1.165, 1.54) is 6.20 Å². The van der Waals surface area contributed by atoms with Crippen LogP contribution >= 0.6 is 0 Å². The number of hydrogen-bond acceptors (Lipinski definition) is 6. The van der Waals surface area contributed by atoms with E-state index < -0.39 is 24.0 Å². The van der Waals surface area contributed by atoms with E-state index in [1.807, 2.05) is 11.0 Å². The van der Waals surface area contributed by atoms with Gasteiger partial charge in [0.15, 0.2) is 0 Å². The van der Waals surface area contributed by atoms with Gasteiger partial charge in [-0.15, -0.1) is 0 Å². The van der Waals surface area contributed by atoms with E-state index in [1.54, 1.807) is 18.2 Å². The molecule has 0 aliphatic carbocycles. The molecule has 1 aromatic heterocycles. The van der Waals surface area contributed by atoms with E-state index in [-0.39, 0.29) is 5.75 Å². The molecule has 1 fully saturated rings. The Balaban J connectivity index is 1.91. The number of morpholine rings is 1. The summed E-state index contributed by atoms with van der Waals surface area (Å²) >= 11 is 0. The molecule has 8 nitrogen and oxygen atoms in total. The highest BCUT2D eigenvalue weighted by atomic mass is 32.2. The number of nitrogens with two attached hydrogens (primary N) is 1. The van der Waals surface area contributed by atoms with E-state index in [0.717, 1.165) is 9.65 Å². The number of amides is 1. The third-order valence-corrected chi connectivity index (χ3v) is 8.49. The number of aromatic nitrogens is 2. The lowest BCUT2D eigenvalue weighted by atomic mass is 10.1. The van der Waals surface area contributed by atoms with Gasteiger partial charge in [0.2, 0.25) is 0 Å². The first-order chi connectivity index (χ1) is 13.6. The van der Waals surface area contributed by atoms with E-state index in [2.05, 4.69) is 24.7 Å². The van der Waals surface area contributed by atoms with Crippen molar-refractivity contribution in [2.75, 3.05) is 32.1 Å². The highest BCUT2D eigenvalue weighted by Gasteiger charge is 2.23. The fourth-order valence-electron chi connectivity index (χ4n) is 3.14. The second-order valence-corrected chi connectivity index (χ2v) is 16.0. The van der Waals surface area contributed by atoms with Gasteiger partial charge in [0.1, 0.15) is 5.70 Å². The summed E-state index contributed by atoms with van der Waals surface area (Å²) in [6, 6.07) is 5.99. The summed E-state index contributed by atoms with van der Waals surface area (Å²) in [5.41, 5.74) is 7.29. The van der Waals surface area contributed by atoms with Crippen molar-refractivity contribution in [2.24, 2.45) is 5.73 Å². The van der Waals surface area contributed by atoms with Gasteiger partial charge in [0, 0.05) is 26.5 Å². The minimum Gasteiger partial charge on any atom is -0.378 e. The lowest BCUT2D eigenvalue weighted by molar-refractivity contribution is -0.116. The molecule has 0 saturated carbocycles. The molecule has 158 valence electrons. The zero-order valence-electron chi connectivity index (χ0n) is 17.1. The number of ether oxygens (including phenoxy) is 1. The fourth-order valence-corrected chi connectivity index (χ4v) is 7.45. The molecule has 1 saturated heterocycles. The summed E-state index contributed by atoms with van der Waals surface area (Å²) in [5, 5.41) is 4.81. The Hall–Kier alpha value is -2.17. The highest BCUT2D eigenvalue weighted by Crippen LogP contribution is 2.21. The van der Waals surface area contributed by atoms with Crippen molar-refractivity contribution < 1.29 is 17.9 Å². The summed E-state index contributed by atoms with van der Waals surface area (Å²) in [5.74, 6) is -0.416. The normalized spacial score (nSPS) is 16.4. The van der Waals surface area contributed by atoms with Crippen molar-refractivity contribution >= 4 is 41.0 Å². The van der Waals surface area contributed by atoms with Gasteiger partial charge >= 0.3 is 0 Å². The molecule has 2 aromatic rings. The van der Waals surface area contributed by atoms with Gasteiger partial charge in [-0.25, -0.2) is 8.42 Å². The Morgan fingerprint density at radius 2 is 1.97 bits per heavy atom. The minimum absolute atomic E-state index is 0.0873. The number of benzene rings is 1. The summed E-state index contributed by atoms with van der Waals surface area (Å²) in [6.45, 7) is 8.74. The Kier molecular flexibility index (Phi) is 6.15. The Bertz CT molecular complexity index is 1030. The number of primary amides is 1. The maximum atomic E-state index is 12.7. The highest BCUT2D eigenvalue weighted by molar-refractivity contribution is 7.90. The monoisotopic (exact) mass is 436 g/mol. The molecule has 2 N–H and O–H groups in total. The molecule has 0 radical (unpaired) electrons. The van der Waals surface area contributed by atoms with Crippen LogP contribution < -0.4 is 5.73 Å².